The molecule has 0 saturated heterocycles. The molecule has 0 unspecified atom stereocenters. The molecule has 3 aromatic rings. The number of rotatable bonds is 7. The number of hydrogen-bond acceptors (Lipinski definition) is 3. The smallest absolute Gasteiger partial charge is 0.254 e. The van der Waals surface area contributed by atoms with Gasteiger partial charge in [-0.3, -0.25) is 4.79 Å². The molecule has 1 aromatic heterocycles. The van der Waals surface area contributed by atoms with Crippen molar-refractivity contribution in [2.24, 2.45) is 0 Å². The number of methoxy groups -OCH3 is 1. The number of carbonyl (C=O) groups is 1. The lowest BCUT2D eigenvalue weighted by atomic mass is 10.1. The molecule has 0 radical (unpaired) electrons. The van der Waals surface area contributed by atoms with Crippen LogP contribution in [0.5, 0.6) is 5.75 Å². The summed E-state index contributed by atoms with van der Waals surface area (Å²) in [5.74, 6) is 1.43. The molecule has 0 atom stereocenters. The number of benzene rings is 2. The normalized spacial score (nSPS) is 14.3. The molecule has 0 N–H and O–H groups in total. The van der Waals surface area contributed by atoms with Gasteiger partial charge in [-0.1, -0.05) is 43.0 Å². The van der Waals surface area contributed by atoms with Crippen molar-refractivity contribution in [2.75, 3.05) is 7.11 Å². The van der Waals surface area contributed by atoms with Crippen LogP contribution in [0.1, 0.15) is 55.2 Å². The van der Waals surface area contributed by atoms with Crippen LogP contribution in [-0.2, 0) is 13.1 Å². The van der Waals surface area contributed by atoms with Crippen LogP contribution < -0.4 is 4.74 Å². The molecule has 0 aliphatic heterocycles. The average Bonchev–Trinajstić information content (AvgIpc) is 3.40. The first-order chi connectivity index (χ1) is 15.0. The summed E-state index contributed by atoms with van der Waals surface area (Å²) in [5.41, 5.74) is 2.48. The molecule has 2 aromatic carbocycles. The van der Waals surface area contributed by atoms with Gasteiger partial charge in [-0.05, 0) is 55.7 Å². The van der Waals surface area contributed by atoms with Crippen molar-refractivity contribution in [1.82, 2.24) is 14.5 Å². The Labute approximate surface area is 192 Å². The molecule has 164 valence electrons. The zero-order valence-electron chi connectivity index (χ0n) is 17.9. The Morgan fingerprint density at radius 2 is 1.97 bits per heavy atom. The molecule has 31 heavy (non-hydrogen) atoms. The van der Waals surface area contributed by atoms with Crippen molar-refractivity contribution in [2.45, 2.75) is 58.2 Å². The number of aryl methyl sites for hydroxylation is 1. The van der Waals surface area contributed by atoms with Crippen LogP contribution in [0.25, 0.3) is 11.0 Å². The van der Waals surface area contributed by atoms with E-state index in [1.165, 1.54) is 0 Å². The van der Waals surface area contributed by atoms with Crippen LogP contribution in [0.3, 0.4) is 0 Å². The second kappa shape index (κ2) is 9.49. The molecule has 1 saturated carbocycles. The Balaban J connectivity index is 1.71. The zero-order valence-corrected chi connectivity index (χ0v) is 19.4. The minimum absolute atomic E-state index is 0.0235. The van der Waals surface area contributed by atoms with E-state index in [4.69, 9.17) is 32.9 Å². The number of carbonyl (C=O) groups excluding carboxylic acids is 1. The van der Waals surface area contributed by atoms with Crippen LogP contribution in [0, 0.1) is 0 Å². The van der Waals surface area contributed by atoms with E-state index in [-0.39, 0.29) is 11.9 Å². The number of imidazole rings is 1. The summed E-state index contributed by atoms with van der Waals surface area (Å²) < 4.78 is 7.43. The molecule has 4 rings (SSSR count). The van der Waals surface area contributed by atoms with Crippen molar-refractivity contribution >= 4 is 40.1 Å². The summed E-state index contributed by atoms with van der Waals surface area (Å²) in [6.45, 7) is 3.42. The van der Waals surface area contributed by atoms with E-state index in [0.717, 1.165) is 55.5 Å². The minimum atomic E-state index is -0.0235. The number of nitrogens with zero attached hydrogens (tertiary/aromatic N) is 3. The molecule has 0 spiro atoms. The maximum atomic E-state index is 13.6. The van der Waals surface area contributed by atoms with Gasteiger partial charge in [0, 0.05) is 23.2 Å². The summed E-state index contributed by atoms with van der Waals surface area (Å²) in [6, 6.07) is 11.2. The monoisotopic (exact) mass is 459 g/mol. The Bertz CT molecular complexity index is 1090. The molecular weight excluding hydrogens is 433 g/mol. The van der Waals surface area contributed by atoms with Gasteiger partial charge in [-0.25, -0.2) is 4.98 Å². The Kier molecular flexibility index (Phi) is 6.73. The molecule has 0 bridgehead atoms. The number of hydrogen-bond donors (Lipinski definition) is 0. The highest BCUT2D eigenvalue weighted by Gasteiger charge is 2.29. The largest absolute Gasteiger partial charge is 0.495 e. The maximum Gasteiger partial charge on any atom is 0.254 e. The van der Waals surface area contributed by atoms with E-state index in [1.54, 1.807) is 25.3 Å². The SMILES string of the molecule is CCCn1c(CN(C(=O)c2ccc(OC)c(Cl)c2)C2CCCC2)nc2ccc(Cl)cc21. The Morgan fingerprint density at radius 1 is 1.19 bits per heavy atom. The predicted molar refractivity (Wildman–Crippen MR) is 125 cm³/mol. The predicted octanol–water partition coefficient (Wildman–Crippen LogP) is 6.35. The summed E-state index contributed by atoms with van der Waals surface area (Å²) >= 11 is 12.6. The van der Waals surface area contributed by atoms with Crippen LogP contribution in [-0.4, -0.2) is 33.5 Å². The van der Waals surface area contributed by atoms with Gasteiger partial charge in [0.05, 0.1) is 29.7 Å². The summed E-state index contributed by atoms with van der Waals surface area (Å²) in [6.07, 6.45) is 5.26. The Hall–Kier alpha value is -2.24. The van der Waals surface area contributed by atoms with E-state index < -0.39 is 0 Å². The third kappa shape index (κ3) is 4.53. The zero-order chi connectivity index (χ0) is 22.0. The molecule has 1 aliphatic carbocycles. The highest BCUT2D eigenvalue weighted by atomic mass is 35.5. The fraction of sp³-hybridized carbons (Fsp3) is 0.417. The minimum Gasteiger partial charge on any atom is -0.495 e. The third-order valence-corrected chi connectivity index (χ3v) is 6.50. The van der Waals surface area contributed by atoms with E-state index >= 15 is 0 Å². The molecule has 5 nitrogen and oxygen atoms in total. The number of aromatic nitrogens is 2. The second-order valence-electron chi connectivity index (χ2n) is 8.03. The van der Waals surface area contributed by atoms with Gasteiger partial charge in [0.25, 0.3) is 5.91 Å². The lowest BCUT2D eigenvalue weighted by Crippen LogP contribution is -2.39. The van der Waals surface area contributed by atoms with Crippen molar-refractivity contribution in [3.05, 3.63) is 57.8 Å². The first-order valence-corrected chi connectivity index (χ1v) is 11.6. The fourth-order valence-corrected chi connectivity index (χ4v) is 4.86. The average molecular weight is 460 g/mol. The molecule has 1 amide bonds. The Morgan fingerprint density at radius 3 is 2.65 bits per heavy atom. The van der Waals surface area contributed by atoms with Crippen LogP contribution in [0.4, 0.5) is 0 Å². The molecule has 1 aliphatic rings. The van der Waals surface area contributed by atoms with Gasteiger partial charge in [0.2, 0.25) is 0 Å². The second-order valence-corrected chi connectivity index (χ2v) is 8.88. The number of fused-ring (bicyclic) bond motifs is 1. The number of ether oxygens (including phenoxy) is 1. The number of halogens is 2. The molecular formula is C24H27Cl2N3O2. The quantitative estimate of drug-likeness (QED) is 0.413. The van der Waals surface area contributed by atoms with Crippen LogP contribution in [0.2, 0.25) is 10.0 Å². The molecule has 1 heterocycles. The maximum absolute atomic E-state index is 13.6. The third-order valence-electron chi connectivity index (χ3n) is 5.97. The van der Waals surface area contributed by atoms with E-state index in [9.17, 15) is 4.79 Å². The van der Waals surface area contributed by atoms with Gasteiger partial charge in [0.1, 0.15) is 11.6 Å². The standard InChI is InChI=1S/C24H27Cl2N3O2/c1-3-12-28-21-14-17(25)9-10-20(21)27-23(28)15-29(18-6-4-5-7-18)24(30)16-8-11-22(31-2)19(26)13-16/h8-11,13-14,18H,3-7,12,15H2,1-2H3. The topological polar surface area (TPSA) is 47.4 Å². The van der Waals surface area contributed by atoms with Gasteiger partial charge in [-0.2, -0.15) is 0 Å². The lowest BCUT2D eigenvalue weighted by Gasteiger charge is -2.29. The van der Waals surface area contributed by atoms with Crippen molar-refractivity contribution in [1.29, 1.82) is 0 Å². The molecule has 1 fully saturated rings. The summed E-state index contributed by atoms with van der Waals surface area (Å²) in [7, 11) is 1.57. The first-order valence-electron chi connectivity index (χ1n) is 10.8. The van der Waals surface area contributed by atoms with E-state index in [0.29, 0.717) is 27.9 Å². The van der Waals surface area contributed by atoms with Crippen molar-refractivity contribution in [3.8, 4) is 5.75 Å². The first kappa shape index (κ1) is 22.0. The van der Waals surface area contributed by atoms with Crippen LogP contribution >= 0.6 is 23.2 Å². The fourth-order valence-electron chi connectivity index (χ4n) is 4.44. The van der Waals surface area contributed by atoms with Crippen LogP contribution in [0.15, 0.2) is 36.4 Å². The lowest BCUT2D eigenvalue weighted by molar-refractivity contribution is 0.0656. The molecule has 7 heteroatoms. The van der Waals surface area contributed by atoms with Gasteiger partial charge < -0.3 is 14.2 Å². The van der Waals surface area contributed by atoms with Crippen molar-refractivity contribution in [3.63, 3.8) is 0 Å². The van der Waals surface area contributed by atoms with E-state index in [1.807, 2.05) is 23.1 Å². The summed E-state index contributed by atoms with van der Waals surface area (Å²) in [4.78, 5) is 20.4. The van der Waals surface area contributed by atoms with Gasteiger partial charge in [0.15, 0.2) is 0 Å². The number of amides is 1. The van der Waals surface area contributed by atoms with Crippen molar-refractivity contribution < 1.29 is 9.53 Å². The summed E-state index contributed by atoms with van der Waals surface area (Å²) in [5, 5.41) is 1.13. The highest BCUT2D eigenvalue weighted by Crippen LogP contribution is 2.30. The van der Waals surface area contributed by atoms with Gasteiger partial charge >= 0.3 is 0 Å². The van der Waals surface area contributed by atoms with Gasteiger partial charge in [-0.15, -0.1) is 0 Å². The van der Waals surface area contributed by atoms with E-state index in [2.05, 4.69) is 11.5 Å². The highest BCUT2D eigenvalue weighted by molar-refractivity contribution is 6.32.